The van der Waals surface area contributed by atoms with Gasteiger partial charge < -0.3 is 9.88 Å². The predicted molar refractivity (Wildman–Crippen MR) is 104 cm³/mol. The van der Waals surface area contributed by atoms with Gasteiger partial charge in [0, 0.05) is 48.2 Å². The van der Waals surface area contributed by atoms with Crippen LogP contribution in [0.4, 0.5) is 0 Å². The number of rotatable bonds is 2. The number of H-pyrrole nitrogens is 1. The van der Waals surface area contributed by atoms with Crippen LogP contribution in [0.15, 0.2) is 67.0 Å². The van der Waals surface area contributed by atoms with Crippen molar-refractivity contribution in [3.63, 3.8) is 0 Å². The first-order valence-corrected chi connectivity index (χ1v) is 8.94. The monoisotopic (exact) mass is 340 g/mol. The minimum absolute atomic E-state index is 0.349. The highest BCUT2D eigenvalue weighted by Crippen LogP contribution is 2.35. The lowest BCUT2D eigenvalue weighted by molar-refractivity contribution is 0.294. The molecule has 1 N–H and O–H groups in total. The molecule has 0 aliphatic carbocycles. The van der Waals surface area contributed by atoms with Crippen molar-refractivity contribution in [3.05, 3.63) is 83.8 Å². The summed E-state index contributed by atoms with van der Waals surface area (Å²) in [7, 11) is 2.18. The van der Waals surface area contributed by atoms with Crippen molar-refractivity contribution in [2.45, 2.75) is 12.5 Å². The predicted octanol–water partition coefficient (Wildman–Crippen LogP) is 4.20. The van der Waals surface area contributed by atoms with Crippen molar-refractivity contribution in [3.8, 4) is 11.4 Å². The summed E-state index contributed by atoms with van der Waals surface area (Å²) < 4.78 is 0. The van der Waals surface area contributed by atoms with E-state index in [1.807, 2.05) is 6.07 Å². The zero-order valence-corrected chi connectivity index (χ0v) is 14.7. The number of nitrogens with one attached hydrogen (secondary N) is 1. The van der Waals surface area contributed by atoms with E-state index in [2.05, 4.69) is 75.4 Å². The van der Waals surface area contributed by atoms with Crippen molar-refractivity contribution in [2.24, 2.45) is 0 Å². The largest absolute Gasteiger partial charge is 0.358 e. The molecule has 0 saturated carbocycles. The average molecular weight is 340 g/mol. The molecule has 0 spiro atoms. The van der Waals surface area contributed by atoms with E-state index in [1.165, 1.54) is 27.7 Å². The van der Waals surface area contributed by atoms with Gasteiger partial charge in [-0.1, -0.05) is 30.3 Å². The Morgan fingerprint density at radius 2 is 1.85 bits per heavy atom. The van der Waals surface area contributed by atoms with E-state index >= 15 is 0 Å². The summed E-state index contributed by atoms with van der Waals surface area (Å²) in [5, 5.41) is 1.27. The molecule has 0 radical (unpaired) electrons. The maximum atomic E-state index is 4.39. The number of hydrogen-bond donors (Lipinski definition) is 1. The molecule has 26 heavy (non-hydrogen) atoms. The van der Waals surface area contributed by atoms with Crippen LogP contribution in [0.1, 0.15) is 22.7 Å². The van der Waals surface area contributed by atoms with E-state index in [4.69, 9.17) is 0 Å². The molecular formula is C22H20N4. The summed E-state index contributed by atoms with van der Waals surface area (Å²) in [6.45, 7) is 1.97. The van der Waals surface area contributed by atoms with Gasteiger partial charge in [-0.15, -0.1) is 0 Å². The Hall–Kier alpha value is -2.98. The third kappa shape index (κ3) is 2.59. The van der Waals surface area contributed by atoms with Gasteiger partial charge in [-0.2, -0.15) is 0 Å². The minimum atomic E-state index is 0.349. The summed E-state index contributed by atoms with van der Waals surface area (Å²) in [5.41, 5.74) is 6.31. The van der Waals surface area contributed by atoms with Gasteiger partial charge in [-0.3, -0.25) is 0 Å². The highest BCUT2D eigenvalue weighted by molar-refractivity contribution is 5.80. The smallest absolute Gasteiger partial charge is 0.159 e. The van der Waals surface area contributed by atoms with E-state index in [1.54, 1.807) is 12.4 Å². The highest BCUT2D eigenvalue weighted by atomic mass is 15.1. The molecular weight excluding hydrogens is 320 g/mol. The second kappa shape index (κ2) is 6.07. The maximum Gasteiger partial charge on any atom is 0.159 e. The molecule has 4 heteroatoms. The van der Waals surface area contributed by atoms with Crippen LogP contribution in [0.2, 0.25) is 0 Å². The fourth-order valence-corrected chi connectivity index (χ4v) is 3.98. The Bertz CT molecular complexity index is 1030. The first-order chi connectivity index (χ1) is 12.8. The van der Waals surface area contributed by atoms with Crippen LogP contribution < -0.4 is 0 Å². The van der Waals surface area contributed by atoms with Gasteiger partial charge in [0.25, 0.3) is 0 Å². The lowest BCUT2D eigenvalue weighted by Gasteiger charge is -2.32. The number of likely N-dealkylation sites (N-methyl/N-ethyl adjacent to an activating group) is 1. The molecule has 2 aromatic carbocycles. The lowest BCUT2D eigenvalue weighted by Crippen LogP contribution is -2.31. The quantitative estimate of drug-likeness (QED) is 0.595. The number of nitrogens with zero attached hydrogens (tertiary/aromatic N) is 3. The highest BCUT2D eigenvalue weighted by Gasteiger charge is 2.26. The maximum absolute atomic E-state index is 4.39. The Morgan fingerprint density at radius 1 is 1.00 bits per heavy atom. The zero-order chi connectivity index (χ0) is 17.5. The van der Waals surface area contributed by atoms with Gasteiger partial charge >= 0.3 is 0 Å². The van der Waals surface area contributed by atoms with E-state index in [0.717, 1.165) is 24.5 Å². The molecule has 1 atom stereocenters. The summed E-state index contributed by atoms with van der Waals surface area (Å²) in [4.78, 5) is 14.8. The fraction of sp³-hybridized carbons (Fsp3) is 0.182. The number of aromatic nitrogens is 3. The molecule has 128 valence electrons. The van der Waals surface area contributed by atoms with Crippen molar-refractivity contribution < 1.29 is 0 Å². The average Bonchev–Trinajstić information content (AvgIpc) is 3.11. The Balaban J connectivity index is 1.59. The summed E-state index contributed by atoms with van der Waals surface area (Å²) >= 11 is 0. The summed E-state index contributed by atoms with van der Waals surface area (Å²) in [6.07, 6.45) is 3.59. The minimum Gasteiger partial charge on any atom is -0.358 e. The molecule has 3 heterocycles. The Labute approximate surface area is 152 Å². The number of fused-ring (bicyclic) bond motifs is 2. The van der Waals surface area contributed by atoms with Crippen LogP contribution in [0.25, 0.3) is 22.3 Å². The molecule has 0 amide bonds. The number of aromatic amines is 1. The second-order valence-electron chi connectivity index (χ2n) is 7.05. The third-order valence-electron chi connectivity index (χ3n) is 5.20. The van der Waals surface area contributed by atoms with Crippen LogP contribution >= 0.6 is 0 Å². The van der Waals surface area contributed by atoms with Gasteiger partial charge in [0.2, 0.25) is 0 Å². The van der Waals surface area contributed by atoms with Gasteiger partial charge in [-0.25, -0.2) is 9.97 Å². The molecule has 1 aliphatic heterocycles. The van der Waals surface area contributed by atoms with E-state index < -0.39 is 0 Å². The number of para-hydroxylation sites is 1. The van der Waals surface area contributed by atoms with Crippen LogP contribution in [0, 0.1) is 0 Å². The van der Waals surface area contributed by atoms with Crippen LogP contribution in [-0.2, 0) is 6.54 Å². The van der Waals surface area contributed by atoms with Crippen molar-refractivity contribution >= 4 is 10.9 Å². The number of hydrogen-bond acceptors (Lipinski definition) is 3. The third-order valence-corrected chi connectivity index (χ3v) is 5.20. The van der Waals surface area contributed by atoms with Crippen molar-refractivity contribution in [2.75, 3.05) is 13.6 Å². The summed E-state index contributed by atoms with van der Waals surface area (Å²) in [5.74, 6) is 1.13. The van der Waals surface area contributed by atoms with Gasteiger partial charge in [0.15, 0.2) is 5.82 Å². The number of benzene rings is 2. The normalized spacial score (nSPS) is 17.3. The second-order valence-corrected chi connectivity index (χ2v) is 7.05. The topological polar surface area (TPSA) is 44.8 Å². The molecule has 5 rings (SSSR count). The summed E-state index contributed by atoms with van der Waals surface area (Å²) in [6, 6.07) is 19.3. The van der Waals surface area contributed by atoms with Crippen LogP contribution in [0.5, 0.6) is 0 Å². The van der Waals surface area contributed by atoms with Gasteiger partial charge in [0.1, 0.15) is 0 Å². The first-order valence-electron chi connectivity index (χ1n) is 8.94. The standard InChI is InChI=1S/C22H20N4/c1-26-13-17-11-16(22-23-9-4-10-24-22)7-8-18(17)19(14-26)21-12-15-5-2-3-6-20(15)25-21/h2-12,19,25H,13-14H2,1H3. The molecule has 0 bridgehead atoms. The Kier molecular flexibility index (Phi) is 3.57. The molecule has 0 saturated heterocycles. The molecule has 1 unspecified atom stereocenters. The van der Waals surface area contributed by atoms with Crippen LogP contribution in [0.3, 0.4) is 0 Å². The van der Waals surface area contributed by atoms with Crippen molar-refractivity contribution in [1.29, 1.82) is 0 Å². The van der Waals surface area contributed by atoms with Crippen LogP contribution in [-0.4, -0.2) is 33.4 Å². The van der Waals surface area contributed by atoms with E-state index in [0.29, 0.717) is 5.92 Å². The fourth-order valence-electron chi connectivity index (χ4n) is 3.98. The zero-order valence-electron chi connectivity index (χ0n) is 14.7. The van der Waals surface area contributed by atoms with Gasteiger partial charge in [-0.05, 0) is 47.8 Å². The van der Waals surface area contributed by atoms with E-state index in [9.17, 15) is 0 Å². The van der Waals surface area contributed by atoms with Gasteiger partial charge in [0.05, 0.1) is 0 Å². The molecule has 1 aliphatic rings. The first kappa shape index (κ1) is 15.3. The molecule has 4 aromatic rings. The lowest BCUT2D eigenvalue weighted by atomic mass is 9.86. The SMILES string of the molecule is CN1Cc2cc(-c3ncccn3)ccc2C(c2cc3ccccc3[nH]2)C1. The van der Waals surface area contributed by atoms with E-state index in [-0.39, 0.29) is 0 Å². The van der Waals surface area contributed by atoms with Crippen molar-refractivity contribution in [1.82, 2.24) is 19.9 Å². The molecule has 0 fully saturated rings. The Morgan fingerprint density at radius 3 is 2.69 bits per heavy atom. The molecule has 2 aromatic heterocycles. The molecule has 4 nitrogen and oxygen atoms in total.